The van der Waals surface area contributed by atoms with Gasteiger partial charge in [0.05, 0.1) is 6.10 Å². The molecule has 2 rings (SSSR count). The van der Waals surface area contributed by atoms with Crippen molar-refractivity contribution in [2.75, 3.05) is 0 Å². The van der Waals surface area contributed by atoms with Crippen LogP contribution >= 0.6 is 0 Å². The highest BCUT2D eigenvalue weighted by molar-refractivity contribution is 5.30. The van der Waals surface area contributed by atoms with Gasteiger partial charge in [-0.2, -0.15) is 0 Å². The largest absolute Gasteiger partial charge is 0.573 e. The summed E-state index contributed by atoms with van der Waals surface area (Å²) in [5, 5.41) is 10.4. The van der Waals surface area contributed by atoms with E-state index in [0.29, 0.717) is 11.5 Å². The van der Waals surface area contributed by atoms with Gasteiger partial charge in [-0.25, -0.2) is 0 Å². The number of allylic oxidation sites excluding steroid dienone is 2. The average Bonchev–Trinajstić information content (AvgIpc) is 2.35. The molecule has 5 heteroatoms. The zero-order chi connectivity index (χ0) is 15.6. The van der Waals surface area contributed by atoms with Gasteiger partial charge in [-0.05, 0) is 49.3 Å². The number of benzene rings is 1. The van der Waals surface area contributed by atoms with Gasteiger partial charge in [-0.1, -0.05) is 30.7 Å². The van der Waals surface area contributed by atoms with Crippen LogP contribution < -0.4 is 4.74 Å². The molecule has 0 aliphatic heterocycles. The first-order valence-electron chi connectivity index (χ1n) is 6.95. The Labute approximate surface area is 122 Å². The lowest BCUT2D eigenvalue weighted by atomic mass is 9.79. The maximum atomic E-state index is 12.2. The summed E-state index contributed by atoms with van der Waals surface area (Å²) in [7, 11) is 0. The van der Waals surface area contributed by atoms with E-state index in [1.54, 1.807) is 6.07 Å². The predicted molar refractivity (Wildman–Crippen MR) is 73.7 cm³/mol. The fraction of sp³-hybridized carbons (Fsp3) is 0.500. The number of ether oxygens (including phenoxy) is 1. The van der Waals surface area contributed by atoms with E-state index in [4.69, 9.17) is 0 Å². The summed E-state index contributed by atoms with van der Waals surface area (Å²) < 4.78 is 40.6. The Morgan fingerprint density at radius 1 is 1.33 bits per heavy atom. The minimum atomic E-state index is -4.72. The number of alkyl halides is 3. The van der Waals surface area contributed by atoms with Gasteiger partial charge in [-0.3, -0.25) is 0 Å². The molecule has 3 unspecified atom stereocenters. The van der Waals surface area contributed by atoms with Gasteiger partial charge in [0.25, 0.3) is 0 Å². The first-order valence-corrected chi connectivity index (χ1v) is 6.95. The van der Waals surface area contributed by atoms with Crippen LogP contribution in [0.15, 0.2) is 35.9 Å². The quantitative estimate of drug-likeness (QED) is 0.826. The average molecular weight is 300 g/mol. The molecule has 0 bridgehead atoms. The van der Waals surface area contributed by atoms with Gasteiger partial charge in [0.15, 0.2) is 0 Å². The number of aliphatic hydroxyl groups is 1. The third-order valence-corrected chi connectivity index (χ3v) is 3.71. The highest BCUT2D eigenvalue weighted by Crippen LogP contribution is 2.37. The van der Waals surface area contributed by atoms with Crippen LogP contribution in [0, 0.1) is 11.8 Å². The molecule has 0 saturated heterocycles. The maximum absolute atomic E-state index is 12.2. The van der Waals surface area contributed by atoms with E-state index >= 15 is 0 Å². The van der Waals surface area contributed by atoms with Crippen LogP contribution in [0.4, 0.5) is 13.2 Å². The van der Waals surface area contributed by atoms with Crippen LogP contribution in [0.3, 0.4) is 0 Å². The predicted octanol–water partition coefficient (Wildman–Crippen LogP) is 4.61. The molecule has 1 aromatic carbocycles. The van der Waals surface area contributed by atoms with Crippen molar-refractivity contribution in [3.8, 4) is 5.75 Å². The van der Waals surface area contributed by atoms with E-state index in [-0.39, 0.29) is 11.7 Å². The molecular formula is C16H19F3O2. The number of hydrogen-bond acceptors (Lipinski definition) is 2. The number of aliphatic hydroxyl groups excluding tert-OH is 1. The van der Waals surface area contributed by atoms with Gasteiger partial charge >= 0.3 is 6.36 Å². The first kappa shape index (κ1) is 15.9. The van der Waals surface area contributed by atoms with Crippen LogP contribution in [-0.2, 0) is 0 Å². The molecule has 0 radical (unpaired) electrons. The highest BCUT2D eigenvalue weighted by atomic mass is 19.4. The van der Waals surface area contributed by atoms with E-state index in [1.165, 1.54) is 23.8 Å². The van der Waals surface area contributed by atoms with Crippen LogP contribution in [0.25, 0.3) is 0 Å². The van der Waals surface area contributed by atoms with Gasteiger partial charge in [0, 0.05) is 0 Å². The van der Waals surface area contributed by atoms with Gasteiger partial charge in [-0.15, -0.1) is 13.2 Å². The van der Waals surface area contributed by atoms with Crippen molar-refractivity contribution in [2.45, 2.75) is 39.2 Å². The molecule has 1 aromatic rings. The Kier molecular flexibility index (Phi) is 4.61. The zero-order valence-electron chi connectivity index (χ0n) is 12.0. The summed E-state index contributed by atoms with van der Waals surface area (Å²) in [6.07, 6.45) is -1.75. The lowest BCUT2D eigenvalue weighted by Gasteiger charge is -2.29. The van der Waals surface area contributed by atoms with Crippen molar-refractivity contribution >= 4 is 0 Å². The fourth-order valence-corrected chi connectivity index (χ4v) is 3.00. The Bertz CT molecular complexity index is 522. The Hall–Kier alpha value is -1.49. The summed E-state index contributed by atoms with van der Waals surface area (Å²) in [4.78, 5) is 0. The van der Waals surface area contributed by atoms with Crippen LogP contribution in [0.2, 0.25) is 0 Å². The second-order valence-electron chi connectivity index (χ2n) is 5.76. The molecule has 0 aromatic heterocycles. The van der Waals surface area contributed by atoms with E-state index in [9.17, 15) is 18.3 Å². The van der Waals surface area contributed by atoms with E-state index in [2.05, 4.69) is 17.7 Å². The SMILES string of the molecule is CC1=CC(C)CC(C(O)c2cccc(OC(F)(F)F)c2)C1. The smallest absolute Gasteiger partial charge is 0.406 e. The monoisotopic (exact) mass is 300 g/mol. The standard InChI is InChI=1S/C16H19F3O2/c1-10-6-11(2)8-13(7-10)15(20)12-4-3-5-14(9-12)21-16(17,18)19/h3-6,9-10,13,15,20H,7-8H2,1-2H3. The van der Waals surface area contributed by atoms with Crippen molar-refractivity contribution in [1.82, 2.24) is 0 Å². The van der Waals surface area contributed by atoms with Crippen LogP contribution in [0.1, 0.15) is 38.4 Å². The third kappa shape index (κ3) is 4.49. The Morgan fingerprint density at radius 3 is 2.67 bits per heavy atom. The molecule has 0 amide bonds. The molecule has 2 nitrogen and oxygen atoms in total. The molecule has 1 N–H and O–H groups in total. The lowest BCUT2D eigenvalue weighted by Crippen LogP contribution is -2.20. The second-order valence-corrected chi connectivity index (χ2v) is 5.76. The van der Waals surface area contributed by atoms with Crippen molar-refractivity contribution in [1.29, 1.82) is 0 Å². The molecule has 1 aliphatic carbocycles. The summed E-state index contributed by atoms with van der Waals surface area (Å²) in [5.74, 6) is 0.0920. The van der Waals surface area contributed by atoms with Crippen LogP contribution in [-0.4, -0.2) is 11.5 Å². The summed E-state index contributed by atoms with van der Waals surface area (Å²) >= 11 is 0. The summed E-state index contributed by atoms with van der Waals surface area (Å²) in [5.41, 5.74) is 1.67. The zero-order valence-corrected chi connectivity index (χ0v) is 12.0. The molecule has 0 heterocycles. The molecule has 0 spiro atoms. The highest BCUT2D eigenvalue weighted by Gasteiger charge is 2.32. The van der Waals surface area contributed by atoms with Crippen molar-refractivity contribution in [3.05, 3.63) is 41.5 Å². The summed E-state index contributed by atoms with van der Waals surface area (Å²) in [6.45, 7) is 4.09. The number of hydrogen-bond donors (Lipinski definition) is 1. The first-order chi connectivity index (χ1) is 9.74. The lowest BCUT2D eigenvalue weighted by molar-refractivity contribution is -0.274. The molecule has 1 aliphatic rings. The van der Waals surface area contributed by atoms with Crippen molar-refractivity contribution < 1.29 is 23.0 Å². The van der Waals surface area contributed by atoms with E-state index in [0.717, 1.165) is 12.8 Å². The summed E-state index contributed by atoms with van der Waals surface area (Å²) in [6, 6.07) is 5.59. The van der Waals surface area contributed by atoms with Crippen LogP contribution in [0.5, 0.6) is 5.75 Å². The van der Waals surface area contributed by atoms with Crippen molar-refractivity contribution in [2.24, 2.45) is 11.8 Å². The third-order valence-electron chi connectivity index (χ3n) is 3.71. The fourth-order valence-electron chi connectivity index (χ4n) is 3.00. The topological polar surface area (TPSA) is 29.5 Å². The van der Waals surface area contributed by atoms with Gasteiger partial charge < -0.3 is 9.84 Å². The van der Waals surface area contributed by atoms with Gasteiger partial charge in [0.1, 0.15) is 5.75 Å². The normalized spacial score (nSPS) is 24.4. The minimum Gasteiger partial charge on any atom is -0.406 e. The van der Waals surface area contributed by atoms with Gasteiger partial charge in [0.2, 0.25) is 0 Å². The maximum Gasteiger partial charge on any atom is 0.573 e. The van der Waals surface area contributed by atoms with E-state index in [1.807, 2.05) is 6.92 Å². The Balaban J connectivity index is 2.14. The molecule has 0 fully saturated rings. The second kappa shape index (κ2) is 6.10. The number of halogens is 3. The molecular weight excluding hydrogens is 281 g/mol. The minimum absolute atomic E-state index is 0.0196. The Morgan fingerprint density at radius 2 is 2.05 bits per heavy atom. The number of rotatable bonds is 3. The molecule has 21 heavy (non-hydrogen) atoms. The molecule has 3 atom stereocenters. The molecule has 116 valence electrons. The van der Waals surface area contributed by atoms with Crippen molar-refractivity contribution in [3.63, 3.8) is 0 Å². The van der Waals surface area contributed by atoms with E-state index < -0.39 is 12.5 Å². The molecule has 0 saturated carbocycles.